The van der Waals surface area contributed by atoms with Crippen LogP contribution in [0.1, 0.15) is 6.42 Å². The molecular formula is C8H10FNOS. The Kier molecular flexibility index (Phi) is 4.04. The average Bonchev–Trinajstić information content (AvgIpc) is 2.05. The number of aromatic nitrogens is 1. The summed E-state index contributed by atoms with van der Waals surface area (Å²) >= 11 is 1.45. The van der Waals surface area contributed by atoms with Crippen molar-refractivity contribution in [3.63, 3.8) is 0 Å². The van der Waals surface area contributed by atoms with E-state index in [1.54, 1.807) is 12.1 Å². The smallest absolute Gasteiger partial charge is 0.213 e. The van der Waals surface area contributed by atoms with E-state index in [9.17, 15) is 4.39 Å². The van der Waals surface area contributed by atoms with Crippen LogP contribution in [-0.4, -0.2) is 22.5 Å². The summed E-state index contributed by atoms with van der Waals surface area (Å²) in [5.41, 5.74) is 0. The highest BCUT2D eigenvalue weighted by Crippen LogP contribution is 2.15. The number of pyridine rings is 1. The van der Waals surface area contributed by atoms with Gasteiger partial charge in [0.25, 0.3) is 0 Å². The van der Waals surface area contributed by atoms with Gasteiger partial charge in [-0.3, -0.25) is 0 Å². The van der Waals surface area contributed by atoms with E-state index in [-0.39, 0.29) is 6.61 Å². The quantitative estimate of drug-likeness (QED) is 0.442. The van der Waals surface area contributed by atoms with Crippen molar-refractivity contribution in [2.24, 2.45) is 0 Å². The van der Waals surface area contributed by atoms with Crippen LogP contribution >= 0.6 is 11.8 Å². The maximum Gasteiger partial charge on any atom is 0.213 e. The second-order valence-electron chi connectivity index (χ2n) is 2.22. The number of aliphatic hydroxyl groups excluding tert-OH is 1. The van der Waals surface area contributed by atoms with Crippen LogP contribution in [0.5, 0.6) is 0 Å². The number of halogens is 1. The summed E-state index contributed by atoms with van der Waals surface area (Å²) in [5.74, 6) is 0.316. The van der Waals surface area contributed by atoms with E-state index < -0.39 is 5.95 Å². The van der Waals surface area contributed by atoms with Gasteiger partial charge in [0, 0.05) is 12.4 Å². The summed E-state index contributed by atoms with van der Waals surface area (Å²) < 4.78 is 12.5. The Bertz CT molecular complexity index is 244. The third-order valence-corrected chi connectivity index (χ3v) is 2.26. The summed E-state index contributed by atoms with van der Waals surface area (Å²) in [6, 6.07) is 4.70. The van der Waals surface area contributed by atoms with Gasteiger partial charge < -0.3 is 5.11 Å². The summed E-state index contributed by atoms with van der Waals surface area (Å²) in [6.45, 7) is 0.169. The molecule has 66 valence electrons. The van der Waals surface area contributed by atoms with Crippen molar-refractivity contribution in [1.29, 1.82) is 0 Å². The van der Waals surface area contributed by atoms with Gasteiger partial charge in [-0.25, -0.2) is 4.98 Å². The maximum atomic E-state index is 12.5. The number of rotatable bonds is 4. The normalized spacial score (nSPS) is 10.2. The molecule has 0 atom stereocenters. The van der Waals surface area contributed by atoms with Gasteiger partial charge in [-0.2, -0.15) is 4.39 Å². The van der Waals surface area contributed by atoms with Gasteiger partial charge >= 0.3 is 0 Å². The van der Waals surface area contributed by atoms with E-state index in [4.69, 9.17) is 5.11 Å². The fourth-order valence-electron chi connectivity index (χ4n) is 0.711. The first-order chi connectivity index (χ1) is 5.83. The molecule has 0 saturated heterocycles. The minimum Gasteiger partial charge on any atom is -0.396 e. The van der Waals surface area contributed by atoms with Crippen molar-refractivity contribution < 1.29 is 9.50 Å². The molecule has 0 aliphatic heterocycles. The lowest BCUT2D eigenvalue weighted by atomic mass is 10.5. The summed E-state index contributed by atoms with van der Waals surface area (Å²) in [7, 11) is 0. The molecule has 0 spiro atoms. The minimum atomic E-state index is -0.455. The number of hydrogen-bond donors (Lipinski definition) is 1. The molecule has 2 nitrogen and oxygen atoms in total. The molecule has 0 fully saturated rings. The molecule has 4 heteroatoms. The number of nitrogens with zero attached hydrogens (tertiary/aromatic N) is 1. The zero-order valence-electron chi connectivity index (χ0n) is 6.53. The van der Waals surface area contributed by atoms with Crippen LogP contribution in [-0.2, 0) is 0 Å². The van der Waals surface area contributed by atoms with Crippen LogP contribution in [0.25, 0.3) is 0 Å². The van der Waals surface area contributed by atoms with E-state index >= 15 is 0 Å². The first kappa shape index (κ1) is 9.48. The van der Waals surface area contributed by atoms with Crippen molar-refractivity contribution in [3.8, 4) is 0 Å². The van der Waals surface area contributed by atoms with Crippen molar-refractivity contribution in [2.75, 3.05) is 12.4 Å². The Hall–Kier alpha value is -0.610. The first-order valence-corrected chi connectivity index (χ1v) is 4.67. The molecule has 0 amide bonds. The van der Waals surface area contributed by atoms with E-state index in [1.807, 2.05) is 0 Å². The lowest BCUT2D eigenvalue weighted by Gasteiger charge is -1.97. The second-order valence-corrected chi connectivity index (χ2v) is 3.34. The largest absolute Gasteiger partial charge is 0.396 e. The topological polar surface area (TPSA) is 33.1 Å². The van der Waals surface area contributed by atoms with Crippen molar-refractivity contribution in [3.05, 3.63) is 24.1 Å². The summed E-state index contributed by atoms with van der Waals surface area (Å²) in [6.07, 6.45) is 0.711. The number of aliphatic hydroxyl groups is 1. The highest BCUT2D eigenvalue weighted by molar-refractivity contribution is 7.99. The molecule has 0 aromatic carbocycles. The fraction of sp³-hybridized carbons (Fsp3) is 0.375. The lowest BCUT2D eigenvalue weighted by Crippen LogP contribution is -1.88. The fourth-order valence-corrected chi connectivity index (χ4v) is 1.52. The van der Waals surface area contributed by atoms with Crippen LogP contribution in [0.4, 0.5) is 4.39 Å². The van der Waals surface area contributed by atoms with Gasteiger partial charge in [-0.15, -0.1) is 11.8 Å². The third-order valence-electron chi connectivity index (χ3n) is 1.24. The van der Waals surface area contributed by atoms with E-state index in [2.05, 4.69) is 4.98 Å². The Morgan fingerprint density at radius 3 is 3.00 bits per heavy atom. The van der Waals surface area contributed by atoms with E-state index in [0.29, 0.717) is 11.4 Å². The first-order valence-electron chi connectivity index (χ1n) is 3.69. The Balaban J connectivity index is 2.41. The predicted octanol–water partition coefficient (Wildman–Crippen LogP) is 1.70. The summed E-state index contributed by atoms with van der Waals surface area (Å²) in [4.78, 5) is 3.66. The zero-order valence-corrected chi connectivity index (χ0v) is 7.35. The van der Waals surface area contributed by atoms with Crippen LogP contribution in [0, 0.1) is 5.95 Å². The molecule has 0 saturated carbocycles. The van der Waals surface area contributed by atoms with E-state index in [1.165, 1.54) is 17.8 Å². The zero-order chi connectivity index (χ0) is 8.81. The Morgan fingerprint density at radius 2 is 2.33 bits per heavy atom. The number of thioether (sulfide) groups is 1. The maximum absolute atomic E-state index is 12.5. The molecule has 0 bridgehead atoms. The molecule has 0 unspecified atom stereocenters. The van der Waals surface area contributed by atoms with Crippen molar-refractivity contribution in [2.45, 2.75) is 11.4 Å². The Labute approximate surface area is 74.8 Å². The van der Waals surface area contributed by atoms with Gasteiger partial charge in [0.15, 0.2) is 0 Å². The Morgan fingerprint density at radius 1 is 1.50 bits per heavy atom. The standard InChI is InChI=1S/C8H10FNOS/c9-7-3-1-4-8(10-7)12-6-2-5-11/h1,3-4,11H,2,5-6H2. The van der Waals surface area contributed by atoms with Gasteiger partial charge in [-0.05, 0) is 18.6 Å². The van der Waals surface area contributed by atoms with Gasteiger partial charge in [-0.1, -0.05) is 6.07 Å². The highest BCUT2D eigenvalue weighted by atomic mass is 32.2. The molecule has 1 heterocycles. The summed E-state index contributed by atoms with van der Waals surface area (Å²) in [5, 5.41) is 9.16. The molecule has 1 N–H and O–H groups in total. The number of hydrogen-bond acceptors (Lipinski definition) is 3. The highest BCUT2D eigenvalue weighted by Gasteiger charge is 1.96. The molecule has 12 heavy (non-hydrogen) atoms. The predicted molar refractivity (Wildman–Crippen MR) is 46.6 cm³/mol. The molecule has 0 radical (unpaired) electrons. The van der Waals surface area contributed by atoms with Crippen LogP contribution in [0.3, 0.4) is 0 Å². The van der Waals surface area contributed by atoms with Crippen LogP contribution in [0.15, 0.2) is 23.2 Å². The minimum absolute atomic E-state index is 0.169. The average molecular weight is 187 g/mol. The molecule has 1 rings (SSSR count). The van der Waals surface area contributed by atoms with Gasteiger partial charge in [0.1, 0.15) is 0 Å². The third kappa shape index (κ3) is 3.19. The molecule has 0 aliphatic carbocycles. The van der Waals surface area contributed by atoms with Gasteiger partial charge in [0.05, 0.1) is 5.03 Å². The molecule has 1 aromatic rings. The van der Waals surface area contributed by atoms with Crippen LogP contribution in [0.2, 0.25) is 0 Å². The van der Waals surface area contributed by atoms with Crippen molar-refractivity contribution >= 4 is 11.8 Å². The molecule has 1 aromatic heterocycles. The van der Waals surface area contributed by atoms with Gasteiger partial charge in [0.2, 0.25) is 5.95 Å². The lowest BCUT2D eigenvalue weighted by molar-refractivity contribution is 0.296. The second kappa shape index (κ2) is 5.11. The van der Waals surface area contributed by atoms with E-state index in [0.717, 1.165) is 5.75 Å². The molecular weight excluding hydrogens is 177 g/mol. The van der Waals surface area contributed by atoms with Crippen molar-refractivity contribution in [1.82, 2.24) is 4.98 Å². The monoisotopic (exact) mass is 187 g/mol. The molecule has 0 aliphatic rings. The SMILES string of the molecule is OCCCSc1cccc(F)n1. The van der Waals surface area contributed by atoms with Crippen LogP contribution < -0.4 is 0 Å².